The van der Waals surface area contributed by atoms with Crippen LogP contribution in [0.4, 0.5) is 4.39 Å². The third kappa shape index (κ3) is 4.09. The summed E-state index contributed by atoms with van der Waals surface area (Å²) in [5.74, 6) is -0.0602. The highest BCUT2D eigenvalue weighted by Gasteiger charge is 2.27. The number of pyridine rings is 1. The molecule has 0 spiro atoms. The van der Waals surface area contributed by atoms with Crippen LogP contribution in [0.1, 0.15) is 0 Å². The van der Waals surface area contributed by atoms with Crippen LogP contribution in [0.5, 0.6) is 11.6 Å². The van der Waals surface area contributed by atoms with Gasteiger partial charge in [0.1, 0.15) is 16.5 Å². The number of halogens is 2. The van der Waals surface area contributed by atoms with Crippen LogP contribution in [0.2, 0.25) is 5.02 Å². The fraction of sp³-hybridized carbons (Fsp3) is 0.312. The van der Waals surface area contributed by atoms with Crippen LogP contribution in [-0.2, 0) is 10.0 Å². The van der Waals surface area contributed by atoms with Crippen molar-refractivity contribution in [3.63, 3.8) is 0 Å². The van der Waals surface area contributed by atoms with E-state index in [0.29, 0.717) is 26.2 Å². The lowest BCUT2D eigenvalue weighted by Gasteiger charge is -2.31. The first-order chi connectivity index (χ1) is 11.9. The number of likely N-dealkylation sites (N-methyl/N-ethyl adjacent to an activating group) is 1. The molecule has 0 bridgehead atoms. The van der Waals surface area contributed by atoms with Gasteiger partial charge in [-0.3, -0.25) is 0 Å². The van der Waals surface area contributed by atoms with E-state index in [9.17, 15) is 12.8 Å². The lowest BCUT2D eigenvalue weighted by Crippen LogP contribution is -2.47. The van der Waals surface area contributed by atoms with Crippen molar-refractivity contribution in [2.45, 2.75) is 4.90 Å². The van der Waals surface area contributed by atoms with E-state index in [2.05, 4.69) is 9.88 Å². The molecule has 0 radical (unpaired) electrons. The second kappa shape index (κ2) is 7.25. The van der Waals surface area contributed by atoms with Crippen molar-refractivity contribution in [2.75, 3.05) is 33.2 Å². The molecule has 0 atom stereocenters. The van der Waals surface area contributed by atoms with Gasteiger partial charge in [-0.25, -0.2) is 17.8 Å². The van der Waals surface area contributed by atoms with E-state index in [-0.39, 0.29) is 21.5 Å². The number of aromatic nitrogens is 1. The summed E-state index contributed by atoms with van der Waals surface area (Å²) in [4.78, 5) is 6.21. The Morgan fingerprint density at radius 1 is 1.16 bits per heavy atom. The first kappa shape index (κ1) is 18.1. The predicted octanol–water partition coefficient (Wildman–Crippen LogP) is 2.60. The van der Waals surface area contributed by atoms with Gasteiger partial charge in [-0.1, -0.05) is 11.6 Å². The minimum atomic E-state index is -3.58. The maximum atomic E-state index is 13.0. The molecule has 9 heteroatoms. The standard InChI is InChI=1S/C16H17ClFN3O3S/c1-20-6-8-21(9-7-20)25(22,23)13-3-5-16(19-11-13)24-15-4-2-12(18)10-14(15)17/h2-5,10-11H,6-9H2,1H3. The average Bonchev–Trinajstić information content (AvgIpc) is 2.58. The molecule has 2 aromatic rings. The summed E-state index contributed by atoms with van der Waals surface area (Å²) < 4.78 is 45.2. The van der Waals surface area contributed by atoms with Gasteiger partial charge in [-0.2, -0.15) is 4.31 Å². The highest BCUT2D eigenvalue weighted by molar-refractivity contribution is 7.89. The molecule has 1 aromatic heterocycles. The summed E-state index contributed by atoms with van der Waals surface area (Å²) in [6, 6.07) is 6.61. The van der Waals surface area contributed by atoms with Gasteiger partial charge in [0.25, 0.3) is 0 Å². The summed E-state index contributed by atoms with van der Waals surface area (Å²) >= 11 is 5.90. The van der Waals surface area contributed by atoms with Gasteiger partial charge < -0.3 is 9.64 Å². The number of rotatable bonds is 4. The largest absolute Gasteiger partial charge is 0.437 e. The van der Waals surface area contributed by atoms with E-state index in [4.69, 9.17) is 16.3 Å². The van der Waals surface area contributed by atoms with Gasteiger partial charge in [-0.05, 0) is 31.3 Å². The van der Waals surface area contributed by atoms with Crippen molar-refractivity contribution in [3.05, 3.63) is 47.4 Å². The molecule has 1 aliphatic rings. The zero-order valence-electron chi connectivity index (χ0n) is 13.5. The Morgan fingerprint density at radius 2 is 1.88 bits per heavy atom. The molecule has 0 saturated carbocycles. The Kier molecular flexibility index (Phi) is 5.24. The van der Waals surface area contributed by atoms with Crippen LogP contribution in [0, 0.1) is 5.82 Å². The number of ether oxygens (including phenoxy) is 1. The molecule has 1 saturated heterocycles. The molecule has 134 valence electrons. The number of piperazine rings is 1. The van der Waals surface area contributed by atoms with Crippen molar-refractivity contribution in [2.24, 2.45) is 0 Å². The van der Waals surface area contributed by atoms with Crippen LogP contribution in [0.3, 0.4) is 0 Å². The summed E-state index contributed by atoms with van der Waals surface area (Å²) in [7, 11) is -1.62. The first-order valence-electron chi connectivity index (χ1n) is 7.64. The molecule has 1 aliphatic heterocycles. The lowest BCUT2D eigenvalue weighted by atomic mass is 10.3. The molecule has 2 heterocycles. The fourth-order valence-electron chi connectivity index (χ4n) is 2.43. The number of nitrogens with zero attached hydrogens (tertiary/aromatic N) is 3. The van der Waals surface area contributed by atoms with Crippen molar-refractivity contribution in [1.82, 2.24) is 14.2 Å². The molecule has 0 aliphatic carbocycles. The number of sulfonamides is 1. The Bertz CT molecular complexity index is 853. The van der Waals surface area contributed by atoms with E-state index in [0.717, 1.165) is 6.07 Å². The minimum Gasteiger partial charge on any atom is -0.437 e. The van der Waals surface area contributed by atoms with E-state index in [1.807, 2.05) is 7.05 Å². The molecule has 0 amide bonds. The quantitative estimate of drug-likeness (QED) is 0.809. The molecule has 1 aromatic carbocycles. The highest BCUT2D eigenvalue weighted by Crippen LogP contribution is 2.29. The molecular formula is C16H17ClFN3O3S. The third-order valence-corrected chi connectivity index (χ3v) is 6.10. The first-order valence-corrected chi connectivity index (χ1v) is 9.46. The maximum Gasteiger partial charge on any atom is 0.244 e. The predicted molar refractivity (Wildman–Crippen MR) is 92.0 cm³/mol. The fourth-order valence-corrected chi connectivity index (χ4v) is 4.00. The molecule has 6 nitrogen and oxygen atoms in total. The molecule has 3 rings (SSSR count). The zero-order chi connectivity index (χ0) is 18.0. The van der Waals surface area contributed by atoms with E-state index < -0.39 is 15.8 Å². The topological polar surface area (TPSA) is 62.7 Å². The second-order valence-electron chi connectivity index (χ2n) is 5.72. The summed E-state index contributed by atoms with van der Waals surface area (Å²) in [5.41, 5.74) is 0. The summed E-state index contributed by atoms with van der Waals surface area (Å²) in [5, 5.41) is 0.107. The Balaban J connectivity index is 1.75. The van der Waals surface area contributed by atoms with E-state index in [1.54, 1.807) is 0 Å². The summed E-state index contributed by atoms with van der Waals surface area (Å²) in [6.45, 7) is 2.28. The number of hydrogen-bond acceptors (Lipinski definition) is 5. The van der Waals surface area contributed by atoms with Gasteiger partial charge in [0, 0.05) is 32.2 Å². The van der Waals surface area contributed by atoms with E-state index >= 15 is 0 Å². The van der Waals surface area contributed by atoms with Crippen LogP contribution >= 0.6 is 11.6 Å². The Hall–Kier alpha value is -1.74. The molecule has 25 heavy (non-hydrogen) atoms. The monoisotopic (exact) mass is 385 g/mol. The maximum absolute atomic E-state index is 13.0. The normalized spacial score (nSPS) is 16.8. The average molecular weight is 386 g/mol. The molecular weight excluding hydrogens is 369 g/mol. The van der Waals surface area contributed by atoms with Crippen LogP contribution in [0.25, 0.3) is 0 Å². The lowest BCUT2D eigenvalue weighted by molar-refractivity contribution is 0.222. The smallest absolute Gasteiger partial charge is 0.244 e. The number of hydrogen-bond donors (Lipinski definition) is 0. The second-order valence-corrected chi connectivity index (χ2v) is 8.06. The van der Waals surface area contributed by atoms with Crippen molar-refractivity contribution >= 4 is 21.6 Å². The SMILES string of the molecule is CN1CCN(S(=O)(=O)c2ccc(Oc3ccc(F)cc3Cl)nc2)CC1. The van der Waals surface area contributed by atoms with Gasteiger partial charge in [0.2, 0.25) is 15.9 Å². The minimum absolute atomic E-state index is 0.106. The van der Waals surface area contributed by atoms with Crippen molar-refractivity contribution in [3.8, 4) is 11.6 Å². The van der Waals surface area contributed by atoms with Gasteiger partial charge in [0.05, 0.1) is 11.2 Å². The third-order valence-electron chi connectivity index (χ3n) is 3.92. The molecule has 0 N–H and O–H groups in total. The highest BCUT2D eigenvalue weighted by atomic mass is 35.5. The zero-order valence-corrected chi connectivity index (χ0v) is 15.1. The number of benzene rings is 1. The molecule has 1 fully saturated rings. The Morgan fingerprint density at radius 3 is 2.48 bits per heavy atom. The van der Waals surface area contributed by atoms with Crippen molar-refractivity contribution < 1.29 is 17.5 Å². The van der Waals surface area contributed by atoms with Gasteiger partial charge in [-0.15, -0.1) is 0 Å². The van der Waals surface area contributed by atoms with Crippen molar-refractivity contribution in [1.29, 1.82) is 0 Å². The van der Waals surface area contributed by atoms with Gasteiger partial charge in [0.15, 0.2) is 0 Å². The van der Waals surface area contributed by atoms with E-state index in [1.165, 1.54) is 34.8 Å². The van der Waals surface area contributed by atoms with Gasteiger partial charge >= 0.3 is 0 Å². The van der Waals surface area contributed by atoms with Crippen LogP contribution < -0.4 is 4.74 Å². The molecule has 0 unspecified atom stereocenters. The van der Waals surface area contributed by atoms with Crippen LogP contribution in [-0.4, -0.2) is 55.8 Å². The summed E-state index contributed by atoms with van der Waals surface area (Å²) in [6.07, 6.45) is 1.25. The van der Waals surface area contributed by atoms with Crippen LogP contribution in [0.15, 0.2) is 41.4 Å². The Labute approximate surface area is 150 Å².